The number of nitrogens with zero attached hydrogens (tertiary/aromatic N) is 2. The minimum atomic E-state index is -0.750. The van der Waals surface area contributed by atoms with Gasteiger partial charge in [-0.3, -0.25) is 14.9 Å². The van der Waals surface area contributed by atoms with E-state index in [4.69, 9.17) is 5.73 Å². The smallest absolute Gasteiger partial charge is 0.270 e. The van der Waals surface area contributed by atoms with Crippen LogP contribution in [0, 0.1) is 15.9 Å². The topological polar surface area (TPSA) is 89.5 Å². The number of amides is 1. The van der Waals surface area contributed by atoms with E-state index in [1.165, 1.54) is 4.90 Å². The molecule has 0 aliphatic carbocycles. The molecule has 1 aliphatic heterocycles. The first-order valence-corrected chi connectivity index (χ1v) is 6.92. The second-order valence-corrected chi connectivity index (χ2v) is 5.34. The fourth-order valence-corrected chi connectivity index (χ4v) is 2.70. The number of hydrogen-bond donors (Lipinski definition) is 1. The lowest BCUT2D eigenvalue weighted by atomic mass is 9.96. The second kappa shape index (κ2) is 6.17. The molecule has 0 saturated carbocycles. The maximum absolute atomic E-state index is 13.9. The van der Waals surface area contributed by atoms with Crippen LogP contribution in [0.4, 0.5) is 10.1 Å². The van der Waals surface area contributed by atoms with E-state index in [2.05, 4.69) is 0 Å². The van der Waals surface area contributed by atoms with Crippen molar-refractivity contribution in [3.8, 4) is 0 Å². The molecule has 114 valence electrons. The molecule has 2 N–H and O–H groups in total. The monoisotopic (exact) mass is 295 g/mol. The molecule has 0 spiro atoms. The van der Waals surface area contributed by atoms with Crippen molar-refractivity contribution < 1.29 is 14.1 Å². The fourth-order valence-electron chi connectivity index (χ4n) is 2.70. The van der Waals surface area contributed by atoms with E-state index in [-0.39, 0.29) is 23.3 Å². The number of likely N-dealkylation sites (tertiary alicyclic amines) is 1. The number of halogens is 1. The van der Waals surface area contributed by atoms with E-state index in [1.807, 2.05) is 0 Å². The van der Waals surface area contributed by atoms with Gasteiger partial charge in [0.15, 0.2) is 0 Å². The van der Waals surface area contributed by atoms with Crippen LogP contribution >= 0.6 is 0 Å². The summed E-state index contributed by atoms with van der Waals surface area (Å²) in [5.41, 5.74) is 5.33. The Morgan fingerprint density at radius 3 is 2.86 bits per heavy atom. The van der Waals surface area contributed by atoms with Crippen LogP contribution in [-0.4, -0.2) is 34.4 Å². The lowest BCUT2D eigenvalue weighted by Crippen LogP contribution is -2.51. The number of hydrogen-bond acceptors (Lipinski definition) is 4. The van der Waals surface area contributed by atoms with Crippen LogP contribution in [0.5, 0.6) is 0 Å². The molecule has 6 nitrogen and oxygen atoms in total. The van der Waals surface area contributed by atoms with Crippen molar-refractivity contribution in [1.82, 2.24) is 4.90 Å². The van der Waals surface area contributed by atoms with Gasteiger partial charge in [-0.1, -0.05) is 0 Å². The normalized spacial score (nSPS) is 20.1. The number of nitro benzene ring substituents is 1. The summed E-state index contributed by atoms with van der Waals surface area (Å²) in [5, 5.41) is 10.8. The molecule has 1 fully saturated rings. The van der Waals surface area contributed by atoms with Gasteiger partial charge in [-0.25, -0.2) is 4.39 Å². The Hall–Kier alpha value is -2.02. The van der Waals surface area contributed by atoms with Gasteiger partial charge in [0, 0.05) is 30.8 Å². The van der Waals surface area contributed by atoms with E-state index in [9.17, 15) is 19.3 Å². The van der Waals surface area contributed by atoms with E-state index >= 15 is 0 Å². The third-order valence-corrected chi connectivity index (χ3v) is 3.81. The maximum atomic E-state index is 13.9. The first-order chi connectivity index (χ1) is 9.91. The van der Waals surface area contributed by atoms with Crippen LogP contribution in [0.15, 0.2) is 18.2 Å². The van der Waals surface area contributed by atoms with E-state index in [1.54, 1.807) is 6.92 Å². The maximum Gasteiger partial charge on any atom is 0.270 e. The lowest BCUT2D eigenvalue weighted by Gasteiger charge is -2.38. The summed E-state index contributed by atoms with van der Waals surface area (Å²) in [5.74, 6) is -1.28. The van der Waals surface area contributed by atoms with Crippen molar-refractivity contribution in [3.05, 3.63) is 39.7 Å². The van der Waals surface area contributed by atoms with Crippen LogP contribution in [0.2, 0.25) is 0 Å². The number of non-ortho nitro benzene ring substituents is 1. The molecule has 0 bridgehead atoms. The number of carbonyl (C=O) groups excluding carboxylic acids is 1. The van der Waals surface area contributed by atoms with Gasteiger partial charge in [-0.05, 0) is 32.3 Å². The molecule has 21 heavy (non-hydrogen) atoms. The zero-order valence-corrected chi connectivity index (χ0v) is 11.8. The van der Waals surface area contributed by atoms with Crippen LogP contribution in [0.1, 0.15) is 36.5 Å². The Morgan fingerprint density at radius 1 is 1.52 bits per heavy atom. The Morgan fingerprint density at radius 2 is 2.24 bits per heavy atom. The number of carbonyl (C=O) groups is 1. The molecule has 2 unspecified atom stereocenters. The van der Waals surface area contributed by atoms with Crippen molar-refractivity contribution in [2.24, 2.45) is 5.73 Å². The van der Waals surface area contributed by atoms with Crippen molar-refractivity contribution in [2.45, 2.75) is 38.3 Å². The predicted octanol–water partition coefficient (Wildman–Crippen LogP) is 2.08. The van der Waals surface area contributed by atoms with Crippen molar-refractivity contribution in [3.63, 3.8) is 0 Å². The van der Waals surface area contributed by atoms with Crippen LogP contribution in [0.25, 0.3) is 0 Å². The summed E-state index contributed by atoms with van der Waals surface area (Å²) in [6, 6.07) is 2.60. The van der Waals surface area contributed by atoms with Crippen LogP contribution < -0.4 is 5.73 Å². The summed E-state index contributed by atoms with van der Waals surface area (Å²) in [6.07, 6.45) is 2.55. The standard InChI is InChI=1S/C14H18FN3O3/c1-9(16)13-4-2-3-7-17(13)14(19)11-8-10(18(20)21)5-6-12(11)15/h5-6,8-9,13H,2-4,7,16H2,1H3. The number of nitro groups is 1. The molecule has 1 amide bonds. The second-order valence-electron chi connectivity index (χ2n) is 5.34. The molecule has 2 atom stereocenters. The number of benzene rings is 1. The van der Waals surface area contributed by atoms with E-state index < -0.39 is 16.6 Å². The summed E-state index contributed by atoms with van der Waals surface area (Å²) in [4.78, 5) is 24.2. The minimum absolute atomic E-state index is 0.162. The lowest BCUT2D eigenvalue weighted by molar-refractivity contribution is -0.384. The zero-order chi connectivity index (χ0) is 15.6. The van der Waals surface area contributed by atoms with Gasteiger partial charge in [0.2, 0.25) is 0 Å². The van der Waals surface area contributed by atoms with E-state index in [0.29, 0.717) is 6.54 Å². The van der Waals surface area contributed by atoms with Gasteiger partial charge in [-0.2, -0.15) is 0 Å². The SMILES string of the molecule is CC(N)C1CCCCN1C(=O)c1cc([N+](=O)[O-])ccc1F. The third kappa shape index (κ3) is 3.18. The summed E-state index contributed by atoms with van der Waals surface area (Å²) >= 11 is 0. The van der Waals surface area contributed by atoms with Gasteiger partial charge in [0.25, 0.3) is 11.6 Å². The molecular weight excluding hydrogens is 277 g/mol. The zero-order valence-electron chi connectivity index (χ0n) is 11.8. The summed E-state index contributed by atoms with van der Waals surface area (Å²) < 4.78 is 13.9. The largest absolute Gasteiger partial charge is 0.334 e. The highest BCUT2D eigenvalue weighted by Crippen LogP contribution is 2.24. The highest BCUT2D eigenvalue weighted by atomic mass is 19.1. The quantitative estimate of drug-likeness (QED) is 0.683. The first kappa shape index (κ1) is 15.4. The number of rotatable bonds is 3. The van der Waals surface area contributed by atoms with Crippen molar-refractivity contribution >= 4 is 11.6 Å². The highest BCUT2D eigenvalue weighted by molar-refractivity contribution is 5.95. The van der Waals surface area contributed by atoms with Gasteiger partial charge < -0.3 is 10.6 Å². The van der Waals surface area contributed by atoms with Crippen LogP contribution in [0.3, 0.4) is 0 Å². The van der Waals surface area contributed by atoms with Crippen molar-refractivity contribution in [1.29, 1.82) is 0 Å². The Labute approximate surface area is 121 Å². The molecule has 0 aromatic heterocycles. The molecule has 1 aromatic carbocycles. The Bertz CT molecular complexity index is 562. The average molecular weight is 295 g/mol. The summed E-state index contributed by atoms with van der Waals surface area (Å²) in [7, 11) is 0. The Kier molecular flexibility index (Phi) is 4.52. The van der Waals surface area contributed by atoms with Crippen molar-refractivity contribution in [2.75, 3.05) is 6.54 Å². The molecule has 1 heterocycles. The molecule has 1 aromatic rings. The highest BCUT2D eigenvalue weighted by Gasteiger charge is 2.31. The minimum Gasteiger partial charge on any atom is -0.334 e. The molecule has 0 radical (unpaired) electrons. The fraction of sp³-hybridized carbons (Fsp3) is 0.500. The first-order valence-electron chi connectivity index (χ1n) is 6.92. The summed E-state index contributed by atoms with van der Waals surface area (Å²) in [6.45, 7) is 2.30. The van der Waals surface area contributed by atoms with Gasteiger partial charge >= 0.3 is 0 Å². The molecule has 7 heteroatoms. The van der Waals surface area contributed by atoms with Gasteiger partial charge in [0.1, 0.15) is 5.82 Å². The number of nitrogens with two attached hydrogens (primary N) is 1. The number of piperidine rings is 1. The predicted molar refractivity (Wildman–Crippen MR) is 75.4 cm³/mol. The molecule has 1 saturated heterocycles. The van der Waals surface area contributed by atoms with Gasteiger partial charge in [0.05, 0.1) is 10.5 Å². The third-order valence-electron chi connectivity index (χ3n) is 3.81. The molecule has 2 rings (SSSR count). The van der Waals surface area contributed by atoms with Crippen LogP contribution in [-0.2, 0) is 0 Å². The van der Waals surface area contributed by atoms with E-state index in [0.717, 1.165) is 37.5 Å². The average Bonchev–Trinajstić information content (AvgIpc) is 2.46. The molecular formula is C14H18FN3O3. The van der Waals surface area contributed by atoms with Gasteiger partial charge in [-0.15, -0.1) is 0 Å². The molecule has 1 aliphatic rings. The Balaban J connectivity index is 2.34.